The Hall–Kier alpha value is -4.35. The quantitative estimate of drug-likeness (QED) is 0.168. The van der Waals surface area contributed by atoms with E-state index in [1.165, 1.54) is 30.6 Å². The third-order valence-corrected chi connectivity index (χ3v) is 10.5. The van der Waals surface area contributed by atoms with Crippen LogP contribution in [0.5, 0.6) is 0 Å². The minimum atomic E-state index is -5.39. The molecule has 1 saturated carbocycles. The van der Waals surface area contributed by atoms with Crippen molar-refractivity contribution in [3.05, 3.63) is 87.6 Å². The van der Waals surface area contributed by atoms with Gasteiger partial charge in [0.25, 0.3) is 5.56 Å². The highest BCUT2D eigenvalue weighted by atomic mass is 32.2. The number of benzene rings is 2. The standard InChI is InChI=1S/C30H27F5N6O5S/c31-23-24(32)26(34)28(27(35)25(23)33)47(45,46)41-9-8-22(41)30(44)39(14-18-12-37-21(13-36-18)16-4-2-1-3-5-16)19-6-7-20-17(10-19)11-38-40(15-42)29(20)43/h6-7,10-13,16,22,42H,1-5,8-9,14-15H2/t22-/m1/s1. The van der Waals surface area contributed by atoms with Gasteiger partial charge in [-0.2, -0.15) is 9.40 Å². The molecule has 2 aliphatic rings. The first-order chi connectivity index (χ1) is 22.4. The molecule has 248 valence electrons. The molecular weight excluding hydrogens is 651 g/mol. The molecule has 1 atom stereocenters. The van der Waals surface area contributed by atoms with Crippen LogP contribution in [0.2, 0.25) is 0 Å². The average molecular weight is 679 g/mol. The van der Waals surface area contributed by atoms with E-state index in [1.807, 2.05) is 0 Å². The lowest BCUT2D eigenvalue weighted by Gasteiger charge is -2.41. The predicted octanol–water partition coefficient (Wildman–Crippen LogP) is 3.88. The van der Waals surface area contributed by atoms with E-state index in [0.29, 0.717) is 10.00 Å². The van der Waals surface area contributed by atoms with Gasteiger partial charge in [0.15, 0.2) is 28.2 Å². The van der Waals surface area contributed by atoms with Crippen LogP contribution in [0, 0.1) is 29.1 Å². The molecule has 6 rings (SSSR count). The summed E-state index contributed by atoms with van der Waals surface area (Å²) in [6.07, 6.45) is 9.47. The summed E-state index contributed by atoms with van der Waals surface area (Å²) >= 11 is 0. The summed E-state index contributed by atoms with van der Waals surface area (Å²) in [4.78, 5) is 34.8. The molecule has 11 nitrogen and oxygen atoms in total. The molecule has 0 radical (unpaired) electrons. The maximum absolute atomic E-state index is 14.6. The van der Waals surface area contributed by atoms with Gasteiger partial charge in [-0.1, -0.05) is 19.3 Å². The molecule has 47 heavy (non-hydrogen) atoms. The maximum atomic E-state index is 14.6. The smallest absolute Gasteiger partial charge is 0.276 e. The van der Waals surface area contributed by atoms with Gasteiger partial charge in [-0.15, -0.1) is 0 Å². The lowest BCUT2D eigenvalue weighted by molar-refractivity contribution is -0.125. The van der Waals surface area contributed by atoms with Gasteiger partial charge in [0.1, 0.15) is 12.8 Å². The molecular formula is C30H27F5N6O5S. The van der Waals surface area contributed by atoms with E-state index >= 15 is 0 Å². The van der Waals surface area contributed by atoms with E-state index < -0.39 is 74.8 Å². The molecule has 0 spiro atoms. The number of anilines is 1. The van der Waals surface area contributed by atoms with E-state index in [0.717, 1.165) is 47.4 Å². The van der Waals surface area contributed by atoms with E-state index in [4.69, 9.17) is 0 Å². The molecule has 1 saturated heterocycles. The lowest BCUT2D eigenvalue weighted by atomic mass is 9.87. The van der Waals surface area contributed by atoms with Crippen molar-refractivity contribution in [1.82, 2.24) is 24.1 Å². The fourth-order valence-electron chi connectivity index (χ4n) is 5.96. The van der Waals surface area contributed by atoms with Crippen LogP contribution >= 0.6 is 0 Å². The summed E-state index contributed by atoms with van der Waals surface area (Å²) in [5.41, 5.74) is 0.643. The zero-order valence-corrected chi connectivity index (χ0v) is 25.4. The van der Waals surface area contributed by atoms with Gasteiger partial charge in [-0.25, -0.2) is 35.1 Å². The van der Waals surface area contributed by atoms with Crippen LogP contribution in [0.4, 0.5) is 27.6 Å². The minimum Gasteiger partial charge on any atom is -0.374 e. The molecule has 17 heteroatoms. The highest BCUT2D eigenvalue weighted by Crippen LogP contribution is 2.35. The van der Waals surface area contributed by atoms with E-state index in [1.54, 1.807) is 6.20 Å². The van der Waals surface area contributed by atoms with Gasteiger partial charge in [0.2, 0.25) is 21.7 Å². The van der Waals surface area contributed by atoms with Crippen molar-refractivity contribution in [1.29, 1.82) is 0 Å². The number of carbonyl (C=O) groups excluding carboxylic acids is 1. The number of hydrogen-bond acceptors (Lipinski definition) is 8. The van der Waals surface area contributed by atoms with E-state index in [2.05, 4.69) is 15.1 Å². The largest absolute Gasteiger partial charge is 0.374 e. The van der Waals surface area contributed by atoms with Crippen LogP contribution in [0.1, 0.15) is 55.8 Å². The minimum absolute atomic E-state index is 0.132. The van der Waals surface area contributed by atoms with Gasteiger partial charge >= 0.3 is 0 Å². The topological polar surface area (TPSA) is 139 Å². The Morgan fingerprint density at radius 2 is 1.60 bits per heavy atom. The number of aromatic nitrogens is 4. The van der Waals surface area contributed by atoms with Crippen LogP contribution in [-0.2, 0) is 28.1 Å². The second-order valence-electron chi connectivity index (χ2n) is 11.4. The first kappa shape index (κ1) is 32.6. The summed E-state index contributed by atoms with van der Waals surface area (Å²) in [6, 6.07) is 2.62. The third-order valence-electron chi connectivity index (χ3n) is 8.61. The Bertz CT molecular complexity index is 2010. The summed E-state index contributed by atoms with van der Waals surface area (Å²) in [5, 5.41) is 13.7. The zero-order valence-electron chi connectivity index (χ0n) is 24.5. The molecule has 0 bridgehead atoms. The number of fused-ring (bicyclic) bond motifs is 1. The average Bonchev–Trinajstić information content (AvgIpc) is 3.05. The molecule has 2 fully saturated rings. The number of carbonyl (C=O) groups is 1. The number of aliphatic hydroxyl groups excluding tert-OH is 1. The van der Waals surface area contributed by atoms with Gasteiger partial charge < -0.3 is 10.0 Å². The number of sulfonamides is 1. The van der Waals surface area contributed by atoms with Crippen LogP contribution in [0.25, 0.3) is 10.8 Å². The highest BCUT2D eigenvalue weighted by molar-refractivity contribution is 7.89. The number of hydrogen-bond donors (Lipinski definition) is 1. The molecule has 2 aromatic heterocycles. The fourth-order valence-corrected chi connectivity index (χ4v) is 7.71. The first-order valence-corrected chi connectivity index (χ1v) is 16.1. The Morgan fingerprint density at radius 3 is 2.19 bits per heavy atom. The van der Waals surface area contributed by atoms with E-state index in [-0.39, 0.29) is 35.3 Å². The third kappa shape index (κ3) is 5.76. The first-order valence-electron chi connectivity index (χ1n) is 14.7. The number of rotatable bonds is 8. The predicted molar refractivity (Wildman–Crippen MR) is 156 cm³/mol. The lowest BCUT2D eigenvalue weighted by Crippen LogP contribution is -2.59. The molecule has 1 amide bonds. The van der Waals surface area contributed by atoms with Gasteiger partial charge in [0, 0.05) is 29.7 Å². The van der Waals surface area contributed by atoms with Crippen molar-refractivity contribution in [3.8, 4) is 0 Å². The zero-order chi connectivity index (χ0) is 33.6. The molecule has 4 aromatic rings. The van der Waals surface area contributed by atoms with Gasteiger partial charge in [-0.05, 0) is 37.5 Å². The highest BCUT2D eigenvalue weighted by Gasteiger charge is 2.48. The number of aliphatic hydroxyl groups is 1. The number of halogens is 5. The van der Waals surface area contributed by atoms with Crippen LogP contribution in [-0.4, -0.2) is 56.1 Å². The molecule has 0 unspecified atom stereocenters. The maximum Gasteiger partial charge on any atom is 0.276 e. The monoisotopic (exact) mass is 678 g/mol. The van der Waals surface area contributed by atoms with Gasteiger partial charge in [0.05, 0.1) is 35.7 Å². The fraction of sp³-hybridized carbons (Fsp3) is 0.367. The molecule has 1 aliphatic heterocycles. The molecule has 3 heterocycles. The Kier molecular flexibility index (Phi) is 8.80. The van der Waals surface area contributed by atoms with Crippen molar-refractivity contribution in [3.63, 3.8) is 0 Å². The van der Waals surface area contributed by atoms with E-state index in [9.17, 15) is 45.1 Å². The summed E-state index contributed by atoms with van der Waals surface area (Å²) in [5.74, 6) is -13.1. The SMILES string of the molecule is O=C([C@H]1CCN1S(=O)(=O)c1c(F)c(F)c(F)c(F)c1F)N(Cc1cnc(C2CCCCC2)cn1)c1ccc2c(=O)n(CO)ncc2c1. The summed E-state index contributed by atoms with van der Waals surface area (Å²) < 4.78 is 98.5. The molecule has 2 aromatic carbocycles. The van der Waals surface area contributed by atoms with Crippen molar-refractivity contribution in [2.75, 3.05) is 11.4 Å². The Balaban J connectivity index is 1.37. The second kappa shape index (κ2) is 12.7. The summed E-state index contributed by atoms with van der Waals surface area (Å²) in [7, 11) is -5.39. The normalized spacial score (nSPS) is 17.5. The van der Waals surface area contributed by atoms with Crippen LogP contribution in [0.3, 0.4) is 0 Å². The summed E-state index contributed by atoms with van der Waals surface area (Å²) in [6.45, 7) is -1.37. The molecule has 1 aliphatic carbocycles. The van der Waals surface area contributed by atoms with Crippen molar-refractivity contribution >= 4 is 32.4 Å². The molecule has 1 N–H and O–H groups in total. The Morgan fingerprint density at radius 1 is 0.915 bits per heavy atom. The van der Waals surface area contributed by atoms with Crippen molar-refractivity contribution in [2.24, 2.45) is 0 Å². The van der Waals surface area contributed by atoms with Crippen molar-refractivity contribution < 1.29 is 40.3 Å². The number of nitrogens with zero attached hydrogens (tertiary/aromatic N) is 6. The van der Waals surface area contributed by atoms with Crippen LogP contribution < -0.4 is 10.5 Å². The van der Waals surface area contributed by atoms with Gasteiger partial charge in [-0.3, -0.25) is 19.6 Å². The van der Waals surface area contributed by atoms with Crippen LogP contribution in [0.15, 0.2) is 46.5 Å². The second-order valence-corrected chi connectivity index (χ2v) is 13.2. The van der Waals surface area contributed by atoms with Crippen molar-refractivity contribution in [2.45, 2.75) is 68.7 Å². The number of amides is 1. The Labute approximate surface area is 264 Å².